The van der Waals surface area contributed by atoms with Crippen LogP contribution in [0.2, 0.25) is 0 Å². The van der Waals surface area contributed by atoms with Crippen molar-refractivity contribution in [3.05, 3.63) is 48.0 Å². The molecule has 0 aromatic carbocycles. The highest BCUT2D eigenvalue weighted by Crippen LogP contribution is 2.18. The van der Waals surface area contributed by atoms with Crippen LogP contribution in [0.5, 0.6) is 0 Å². The van der Waals surface area contributed by atoms with Gasteiger partial charge < -0.3 is 10.1 Å². The Morgan fingerprint density at radius 2 is 2.29 bits per heavy atom. The van der Waals surface area contributed by atoms with Gasteiger partial charge in [-0.3, -0.25) is 19.4 Å². The fraction of sp³-hybridized carbons (Fsp3) is 0.471. The number of ether oxygens (including phenoxy) is 1. The first kappa shape index (κ1) is 16.6. The van der Waals surface area contributed by atoms with Crippen LogP contribution < -0.4 is 5.32 Å². The predicted molar refractivity (Wildman–Crippen MR) is 89.0 cm³/mol. The maximum Gasteiger partial charge on any atom is 0.226 e. The van der Waals surface area contributed by atoms with E-state index >= 15 is 0 Å². The Labute approximate surface area is 141 Å². The Morgan fingerprint density at radius 1 is 1.38 bits per heavy atom. The lowest BCUT2D eigenvalue weighted by Crippen LogP contribution is -2.40. The van der Waals surface area contributed by atoms with Crippen LogP contribution in [0.15, 0.2) is 36.8 Å². The molecule has 2 aromatic heterocycles. The molecule has 0 spiro atoms. The fourth-order valence-corrected chi connectivity index (χ4v) is 2.99. The summed E-state index contributed by atoms with van der Waals surface area (Å²) in [6, 6.07) is 6.01. The van der Waals surface area contributed by atoms with E-state index in [0.717, 1.165) is 24.3 Å². The standard InChI is InChI=1S/C17H23N5O2/c1-24-8-7-19-17(23)15-11-21(10-14-3-2-5-18-9-14)13-16-4-6-20-22(16)12-15/h2-6,9,15H,7-8,10-13H2,1H3,(H,19,23)/t15-/m1/s1. The lowest BCUT2D eigenvalue weighted by molar-refractivity contribution is -0.126. The molecular weight excluding hydrogens is 306 g/mol. The number of nitrogens with zero attached hydrogens (tertiary/aromatic N) is 4. The number of hydrogen-bond acceptors (Lipinski definition) is 5. The summed E-state index contributed by atoms with van der Waals surface area (Å²) in [5, 5.41) is 7.30. The molecule has 0 bridgehead atoms. The number of carbonyl (C=O) groups is 1. The molecule has 0 saturated heterocycles. The Morgan fingerprint density at radius 3 is 3.08 bits per heavy atom. The smallest absolute Gasteiger partial charge is 0.226 e. The number of aromatic nitrogens is 3. The number of rotatable bonds is 6. The van der Waals surface area contributed by atoms with Crippen molar-refractivity contribution < 1.29 is 9.53 Å². The molecule has 0 aliphatic carbocycles. The lowest BCUT2D eigenvalue weighted by atomic mass is 10.1. The first-order valence-electron chi connectivity index (χ1n) is 8.15. The van der Waals surface area contributed by atoms with Crippen LogP contribution in [0, 0.1) is 5.92 Å². The first-order chi connectivity index (χ1) is 11.8. The average molecular weight is 329 g/mol. The lowest BCUT2D eigenvalue weighted by Gasteiger charge is -2.23. The number of hydrogen-bond donors (Lipinski definition) is 1. The maximum absolute atomic E-state index is 12.5. The van der Waals surface area contributed by atoms with Crippen molar-refractivity contribution in [2.24, 2.45) is 5.92 Å². The third-order valence-corrected chi connectivity index (χ3v) is 4.17. The van der Waals surface area contributed by atoms with Crippen LogP contribution in [-0.2, 0) is 29.2 Å². The normalized spacial score (nSPS) is 18.0. The van der Waals surface area contributed by atoms with E-state index in [2.05, 4.69) is 26.4 Å². The van der Waals surface area contributed by atoms with E-state index in [4.69, 9.17) is 4.74 Å². The summed E-state index contributed by atoms with van der Waals surface area (Å²) >= 11 is 0. The van der Waals surface area contributed by atoms with Crippen LogP contribution in [0.3, 0.4) is 0 Å². The van der Waals surface area contributed by atoms with E-state index in [1.807, 2.05) is 23.0 Å². The first-order valence-corrected chi connectivity index (χ1v) is 8.15. The summed E-state index contributed by atoms with van der Waals surface area (Å²) < 4.78 is 6.93. The molecule has 1 aliphatic heterocycles. The van der Waals surface area contributed by atoms with E-state index in [1.54, 1.807) is 19.5 Å². The Hall–Kier alpha value is -2.25. The summed E-state index contributed by atoms with van der Waals surface area (Å²) in [7, 11) is 1.63. The molecule has 1 aliphatic rings. The number of carbonyl (C=O) groups excluding carboxylic acids is 1. The van der Waals surface area contributed by atoms with Gasteiger partial charge in [-0.05, 0) is 17.7 Å². The molecule has 24 heavy (non-hydrogen) atoms. The number of pyridine rings is 1. The van der Waals surface area contributed by atoms with Crippen LogP contribution >= 0.6 is 0 Å². The minimum atomic E-state index is -0.139. The number of nitrogens with one attached hydrogen (secondary N) is 1. The van der Waals surface area contributed by atoms with Gasteiger partial charge in [-0.15, -0.1) is 0 Å². The van der Waals surface area contributed by atoms with Gasteiger partial charge >= 0.3 is 0 Å². The van der Waals surface area contributed by atoms with E-state index in [-0.39, 0.29) is 11.8 Å². The highest BCUT2D eigenvalue weighted by molar-refractivity contribution is 5.78. The molecule has 3 heterocycles. The van der Waals surface area contributed by atoms with Crippen LogP contribution in [0.25, 0.3) is 0 Å². The summed E-state index contributed by atoms with van der Waals surface area (Å²) in [5.41, 5.74) is 2.27. The molecule has 7 nitrogen and oxygen atoms in total. The van der Waals surface area contributed by atoms with Crippen molar-refractivity contribution in [2.45, 2.75) is 19.6 Å². The molecule has 2 aromatic rings. The van der Waals surface area contributed by atoms with Gasteiger partial charge in [0.2, 0.25) is 5.91 Å². The van der Waals surface area contributed by atoms with Crippen molar-refractivity contribution in [3.8, 4) is 0 Å². The Bertz CT molecular complexity index is 658. The summed E-state index contributed by atoms with van der Waals surface area (Å²) in [6.45, 7) is 3.88. The monoisotopic (exact) mass is 329 g/mol. The molecule has 3 rings (SSSR count). The Balaban J connectivity index is 1.71. The second-order valence-electron chi connectivity index (χ2n) is 6.02. The SMILES string of the molecule is COCCNC(=O)[C@@H]1CN(Cc2cccnc2)Cc2ccnn2C1. The van der Waals surface area contributed by atoms with Crippen molar-refractivity contribution >= 4 is 5.91 Å². The second-order valence-corrected chi connectivity index (χ2v) is 6.02. The molecule has 128 valence electrons. The van der Waals surface area contributed by atoms with Gasteiger partial charge in [-0.2, -0.15) is 5.10 Å². The van der Waals surface area contributed by atoms with Crippen LogP contribution in [0.4, 0.5) is 0 Å². The number of amides is 1. The number of fused-ring (bicyclic) bond motifs is 1. The van der Waals surface area contributed by atoms with Gasteiger partial charge in [-0.25, -0.2) is 0 Å². The third-order valence-electron chi connectivity index (χ3n) is 4.17. The van der Waals surface area contributed by atoms with Crippen molar-refractivity contribution in [2.75, 3.05) is 26.8 Å². The average Bonchev–Trinajstić information content (AvgIpc) is 2.94. The van der Waals surface area contributed by atoms with Crippen LogP contribution in [-0.4, -0.2) is 52.4 Å². The van der Waals surface area contributed by atoms with E-state index in [9.17, 15) is 4.79 Å². The molecule has 1 amide bonds. The van der Waals surface area contributed by atoms with Gasteiger partial charge in [0.15, 0.2) is 0 Å². The summed E-state index contributed by atoms with van der Waals surface area (Å²) in [4.78, 5) is 19.0. The zero-order valence-electron chi connectivity index (χ0n) is 13.9. The largest absolute Gasteiger partial charge is 0.383 e. The summed E-state index contributed by atoms with van der Waals surface area (Å²) in [6.07, 6.45) is 5.44. The minimum absolute atomic E-state index is 0.0478. The van der Waals surface area contributed by atoms with Gasteiger partial charge in [0.1, 0.15) is 0 Å². The van der Waals surface area contributed by atoms with Crippen molar-refractivity contribution in [3.63, 3.8) is 0 Å². The highest BCUT2D eigenvalue weighted by Gasteiger charge is 2.27. The molecule has 1 N–H and O–H groups in total. The van der Waals surface area contributed by atoms with E-state index < -0.39 is 0 Å². The number of methoxy groups -OCH3 is 1. The van der Waals surface area contributed by atoms with E-state index in [0.29, 0.717) is 26.2 Å². The van der Waals surface area contributed by atoms with Gasteiger partial charge in [0.05, 0.1) is 24.8 Å². The van der Waals surface area contributed by atoms with Crippen molar-refractivity contribution in [1.29, 1.82) is 0 Å². The minimum Gasteiger partial charge on any atom is -0.383 e. The topological polar surface area (TPSA) is 72.3 Å². The quantitative estimate of drug-likeness (QED) is 0.789. The maximum atomic E-state index is 12.5. The molecule has 7 heteroatoms. The second kappa shape index (κ2) is 8.03. The van der Waals surface area contributed by atoms with Gasteiger partial charge in [0.25, 0.3) is 0 Å². The third kappa shape index (κ3) is 4.18. The fourth-order valence-electron chi connectivity index (χ4n) is 2.99. The zero-order valence-corrected chi connectivity index (χ0v) is 13.9. The highest BCUT2D eigenvalue weighted by atomic mass is 16.5. The van der Waals surface area contributed by atoms with Crippen molar-refractivity contribution in [1.82, 2.24) is 25.0 Å². The van der Waals surface area contributed by atoms with E-state index in [1.165, 1.54) is 0 Å². The van der Waals surface area contributed by atoms with Crippen LogP contribution in [0.1, 0.15) is 11.3 Å². The molecule has 0 radical (unpaired) electrons. The molecule has 0 fully saturated rings. The van der Waals surface area contributed by atoms with Gasteiger partial charge in [0, 0.05) is 51.9 Å². The van der Waals surface area contributed by atoms with Gasteiger partial charge in [-0.1, -0.05) is 6.07 Å². The molecule has 0 saturated carbocycles. The molecule has 0 unspecified atom stereocenters. The molecular formula is C17H23N5O2. The predicted octanol–water partition coefficient (Wildman–Crippen LogP) is 0.673. The summed E-state index contributed by atoms with van der Waals surface area (Å²) in [5.74, 6) is -0.0914. The molecule has 1 atom stereocenters. The Kier molecular flexibility index (Phi) is 5.55. The zero-order chi connectivity index (χ0) is 16.8.